The lowest BCUT2D eigenvalue weighted by atomic mass is 9.97. The highest BCUT2D eigenvalue weighted by molar-refractivity contribution is 5.98. The molecular formula is C90H126N8O17. The number of carbonyl (C=O) groups is 11. The number of fused-ring (bicyclic) bond motifs is 3. The Kier molecular flexibility index (Phi) is 38.6. The highest BCUT2D eigenvalue weighted by Crippen LogP contribution is 2.44. The molecule has 0 fully saturated rings. The fraction of sp³-hybridized carbons (Fsp3) is 0.544. The average Bonchev–Trinajstić information content (AvgIpc) is 1.62. The second-order valence-corrected chi connectivity index (χ2v) is 32.5. The molecule has 25 nitrogen and oxygen atoms in total. The van der Waals surface area contributed by atoms with E-state index in [4.69, 9.17) is 28.4 Å². The molecule has 25 heteroatoms. The maximum absolute atomic E-state index is 15.0. The van der Waals surface area contributed by atoms with Gasteiger partial charge in [-0.2, -0.15) is 0 Å². The van der Waals surface area contributed by atoms with Crippen LogP contribution in [0, 0.1) is 23.7 Å². The number of esters is 3. The van der Waals surface area contributed by atoms with Crippen LogP contribution in [0.2, 0.25) is 0 Å². The number of ether oxygens (including phenoxy) is 6. The van der Waals surface area contributed by atoms with Gasteiger partial charge >= 0.3 is 24.0 Å². The van der Waals surface area contributed by atoms with Crippen molar-refractivity contribution in [3.63, 3.8) is 0 Å². The maximum atomic E-state index is 15.0. The molecular weight excluding hydrogens is 1470 g/mol. The number of alkyl carbamates (subject to hydrolysis) is 1. The smallest absolute Gasteiger partial charge is 0.407 e. The van der Waals surface area contributed by atoms with Gasteiger partial charge in [-0.3, -0.25) is 43.2 Å². The molecule has 0 bridgehead atoms. The van der Waals surface area contributed by atoms with Crippen molar-refractivity contribution in [1.29, 1.82) is 0 Å². The zero-order valence-electron chi connectivity index (χ0n) is 70.1. The monoisotopic (exact) mass is 1590 g/mol. The normalized spacial score (nSPS) is 13.9. The number of nitrogens with one attached hydrogen (secondary N) is 8. The van der Waals surface area contributed by atoms with Gasteiger partial charge in [0.25, 0.3) is 0 Å². The fourth-order valence-corrected chi connectivity index (χ4v) is 13.8. The molecule has 0 saturated carbocycles. The van der Waals surface area contributed by atoms with Crippen molar-refractivity contribution >= 4 is 65.4 Å². The lowest BCUT2D eigenvalue weighted by molar-refractivity contribution is -0.159. The second-order valence-electron chi connectivity index (χ2n) is 32.5. The average molecular weight is 1590 g/mol. The number of methoxy groups -OCH3 is 2. The minimum atomic E-state index is -1.70. The molecule has 0 spiro atoms. The Morgan fingerprint density at radius 2 is 0.887 bits per heavy atom. The van der Waals surface area contributed by atoms with Crippen LogP contribution in [-0.4, -0.2) is 140 Å². The molecule has 5 aromatic rings. The first kappa shape index (κ1) is 93.5. The van der Waals surface area contributed by atoms with Gasteiger partial charge in [-0.15, -0.1) is 0 Å². The van der Waals surface area contributed by atoms with Gasteiger partial charge in [-0.05, 0) is 153 Å². The van der Waals surface area contributed by atoms with Crippen LogP contribution in [0.15, 0.2) is 127 Å². The van der Waals surface area contributed by atoms with Crippen molar-refractivity contribution in [2.45, 2.75) is 272 Å². The summed E-state index contributed by atoms with van der Waals surface area (Å²) in [4.78, 5) is 158. The van der Waals surface area contributed by atoms with Crippen molar-refractivity contribution < 1.29 is 81.2 Å². The van der Waals surface area contributed by atoms with E-state index in [0.29, 0.717) is 24.3 Å². The Morgan fingerprint density at radius 3 is 1.37 bits per heavy atom. The standard InChI is InChI=1S/C90H126N8O17/c1-16-17-18-19-20-21-22-23-27-34-66(52-78(100)112-54-61-32-25-24-26-33-61)114-88(108)60(10)91-83(103)73(49-56(2)3)93-85(105)76(53-79(101)115-90(11,12)13)95-87(107)80(59(8)9)98-86(106)75(51-58(6)7)94-84(104)74(50-57(4)5)92-82(102)72(96-89(109)113-55-71-69-37-30-28-35-67(69)68-36-29-31-38-70(68)71)47-48-77(99)97-81(62-39-43-64(110-14)44-40-62)63-41-45-65(111-15)46-42-63/h24-26,28-33,35-46,56-60,66,71-76,80-81H,16-23,27,34,47-55H2,1-15H3,(H,91,103)(H,92,102)(H,93,105)(H,94,104)(H,95,107)(H,96,109)(H,97,99)(H,98,106)/t60-,66?,72-,73+,74-,75+,76-,80-/m0/s1. The van der Waals surface area contributed by atoms with Crippen LogP contribution in [0.1, 0.15) is 239 Å². The van der Waals surface area contributed by atoms with Crippen LogP contribution in [0.25, 0.3) is 11.1 Å². The largest absolute Gasteiger partial charge is 0.497 e. The molecule has 8 atom stereocenters. The van der Waals surface area contributed by atoms with Gasteiger partial charge < -0.3 is 71.0 Å². The van der Waals surface area contributed by atoms with Gasteiger partial charge in [0.05, 0.1) is 33.1 Å². The summed E-state index contributed by atoms with van der Waals surface area (Å²) in [7, 11) is 3.10. The van der Waals surface area contributed by atoms with Crippen LogP contribution in [0.4, 0.5) is 4.79 Å². The number of unbranched alkanes of at least 4 members (excludes halogenated alkanes) is 8. The minimum Gasteiger partial charge on any atom is -0.497 e. The quantitative estimate of drug-likeness (QED) is 0.0102. The molecule has 1 unspecified atom stereocenters. The zero-order valence-corrected chi connectivity index (χ0v) is 70.1. The summed E-state index contributed by atoms with van der Waals surface area (Å²) >= 11 is 0. The molecule has 0 aromatic heterocycles. The molecule has 5 aromatic carbocycles. The lowest BCUT2D eigenvalue weighted by Crippen LogP contribution is -2.61. The van der Waals surface area contributed by atoms with Crippen molar-refractivity contribution in [1.82, 2.24) is 42.5 Å². The van der Waals surface area contributed by atoms with Gasteiger partial charge in [-0.25, -0.2) is 9.59 Å². The molecule has 0 aliphatic heterocycles. The first-order valence-electron chi connectivity index (χ1n) is 40.9. The number of carbonyl (C=O) groups excluding carboxylic acids is 11. The Labute approximate surface area is 679 Å². The third-order valence-electron chi connectivity index (χ3n) is 19.8. The minimum absolute atomic E-state index is 0.0323. The number of hydrogen-bond donors (Lipinski definition) is 8. The van der Waals surface area contributed by atoms with Gasteiger partial charge in [0.1, 0.15) is 78.7 Å². The van der Waals surface area contributed by atoms with Crippen LogP contribution in [0.5, 0.6) is 11.5 Å². The molecule has 628 valence electrons. The Bertz CT molecular complexity index is 3860. The lowest BCUT2D eigenvalue weighted by Gasteiger charge is -2.30. The fourth-order valence-electron chi connectivity index (χ4n) is 13.8. The van der Waals surface area contributed by atoms with E-state index in [2.05, 4.69) is 49.5 Å². The van der Waals surface area contributed by atoms with Crippen molar-refractivity contribution in [2.75, 3.05) is 20.8 Å². The predicted octanol–water partition coefficient (Wildman–Crippen LogP) is 13.0. The Balaban J connectivity index is 1.18. The van der Waals surface area contributed by atoms with E-state index >= 15 is 0 Å². The number of hydrogen-bond acceptors (Lipinski definition) is 17. The summed E-state index contributed by atoms with van der Waals surface area (Å²) in [5.41, 5.74) is 5.11. The van der Waals surface area contributed by atoms with Gasteiger partial charge in [-0.1, -0.05) is 217 Å². The predicted molar refractivity (Wildman–Crippen MR) is 441 cm³/mol. The molecule has 0 radical (unpaired) electrons. The summed E-state index contributed by atoms with van der Waals surface area (Å²) < 4.78 is 33.9. The topological polar surface area (TPSA) is 339 Å². The van der Waals surface area contributed by atoms with Gasteiger partial charge in [0.2, 0.25) is 41.4 Å². The number of amides is 8. The Morgan fingerprint density at radius 1 is 0.435 bits per heavy atom. The zero-order chi connectivity index (χ0) is 84.3. The summed E-state index contributed by atoms with van der Waals surface area (Å²) in [6.45, 7) is 22.6. The number of rotatable bonds is 48. The van der Waals surface area contributed by atoms with Crippen molar-refractivity contribution in [3.05, 3.63) is 155 Å². The summed E-state index contributed by atoms with van der Waals surface area (Å²) in [6, 6.07) is 28.7. The van der Waals surface area contributed by atoms with Crippen molar-refractivity contribution in [2.24, 2.45) is 23.7 Å². The maximum Gasteiger partial charge on any atom is 0.407 e. The van der Waals surface area contributed by atoms with Gasteiger partial charge in [0.15, 0.2) is 0 Å². The van der Waals surface area contributed by atoms with Gasteiger partial charge in [0, 0.05) is 12.3 Å². The third-order valence-corrected chi connectivity index (χ3v) is 19.8. The van der Waals surface area contributed by atoms with Crippen LogP contribution < -0.4 is 52.0 Å². The molecule has 1 aliphatic carbocycles. The first-order valence-corrected chi connectivity index (χ1v) is 40.9. The summed E-state index contributed by atoms with van der Waals surface area (Å²) in [5, 5.41) is 22.2. The SMILES string of the molecule is CCCCCCCCCCCC(CC(=O)OCc1ccccc1)OC(=O)[C@H](C)NC(=O)[C@@H](CC(C)C)NC(=O)[C@H](CC(=O)OC(C)(C)C)NC(=O)[C@@H](NC(=O)[C@@H](CC(C)C)NC(=O)[C@H](CC(C)C)NC(=O)[C@H](CCC(=O)NC(c1ccc(OC)cc1)c1ccc(OC)cc1)NC(=O)OCC1c2ccccc2-c2ccccc21)C(C)C. The first-order chi connectivity index (χ1) is 54.8. The molecule has 8 amide bonds. The van der Waals surface area contributed by atoms with Crippen LogP contribution in [-0.2, 0) is 73.5 Å². The Hall–Kier alpha value is -10.3. The van der Waals surface area contributed by atoms with E-state index in [1.54, 1.807) is 73.1 Å². The van der Waals surface area contributed by atoms with E-state index < -0.39 is 138 Å². The number of benzene rings is 5. The molecule has 115 heavy (non-hydrogen) atoms. The van der Waals surface area contributed by atoms with Crippen LogP contribution in [0.3, 0.4) is 0 Å². The summed E-state index contributed by atoms with van der Waals surface area (Å²) in [5.74, 6) is -8.35. The highest BCUT2D eigenvalue weighted by Gasteiger charge is 2.39. The molecule has 0 saturated heterocycles. The molecule has 8 N–H and O–H groups in total. The second kappa shape index (κ2) is 47.5. The molecule has 0 heterocycles. The summed E-state index contributed by atoms with van der Waals surface area (Å²) in [6.07, 6.45) is 6.64. The van der Waals surface area contributed by atoms with E-state index in [0.717, 1.165) is 71.0 Å². The van der Waals surface area contributed by atoms with E-state index in [1.807, 2.05) is 145 Å². The van der Waals surface area contributed by atoms with Crippen molar-refractivity contribution in [3.8, 4) is 22.6 Å². The molecule has 1 aliphatic rings. The molecule has 6 rings (SSSR count). The van der Waals surface area contributed by atoms with E-state index in [1.165, 1.54) is 26.2 Å². The highest BCUT2D eigenvalue weighted by atomic mass is 16.6. The third kappa shape index (κ3) is 32.1. The van der Waals surface area contributed by atoms with Crippen LogP contribution >= 0.6 is 0 Å². The van der Waals surface area contributed by atoms with E-state index in [-0.39, 0.29) is 75.4 Å². The van der Waals surface area contributed by atoms with E-state index in [9.17, 15) is 52.7 Å².